The highest BCUT2D eigenvalue weighted by Gasteiger charge is 2.33. The van der Waals surface area contributed by atoms with E-state index in [4.69, 9.17) is 9.84 Å². The molecule has 1 aromatic heterocycles. The Balaban J connectivity index is 2.15. The largest absolute Gasteiger partial charge is 0.478 e. The zero-order valence-electron chi connectivity index (χ0n) is 10.6. The van der Waals surface area contributed by atoms with Crippen LogP contribution in [0.4, 0.5) is 0 Å². The van der Waals surface area contributed by atoms with Gasteiger partial charge in [0.05, 0.1) is 11.7 Å². The van der Waals surface area contributed by atoms with Crippen LogP contribution in [-0.4, -0.2) is 28.4 Å². The molecule has 0 spiro atoms. The van der Waals surface area contributed by atoms with Crippen LogP contribution in [0.2, 0.25) is 0 Å². The van der Waals surface area contributed by atoms with Crippen LogP contribution in [-0.2, 0) is 4.74 Å². The number of rotatable bonds is 4. The molecule has 1 aliphatic rings. The van der Waals surface area contributed by atoms with Crippen LogP contribution in [0.3, 0.4) is 0 Å². The molecule has 0 bridgehead atoms. The fourth-order valence-corrected chi connectivity index (χ4v) is 2.68. The molecular weight excluding hydrogens is 218 g/mol. The number of carbonyl (C=O) groups is 1. The van der Waals surface area contributed by atoms with E-state index in [1.165, 1.54) is 0 Å². The maximum Gasteiger partial charge on any atom is 0.337 e. The highest BCUT2D eigenvalue weighted by molar-refractivity contribution is 5.89. The smallest absolute Gasteiger partial charge is 0.337 e. The van der Waals surface area contributed by atoms with E-state index in [0.29, 0.717) is 17.7 Å². The third-order valence-corrected chi connectivity index (χ3v) is 3.55. The van der Waals surface area contributed by atoms with Gasteiger partial charge in [0, 0.05) is 24.0 Å². The minimum Gasteiger partial charge on any atom is -0.478 e. The predicted molar refractivity (Wildman–Crippen MR) is 64.6 cm³/mol. The first-order valence-electron chi connectivity index (χ1n) is 6.07. The molecule has 17 heavy (non-hydrogen) atoms. The molecule has 1 fully saturated rings. The van der Waals surface area contributed by atoms with Crippen molar-refractivity contribution in [1.82, 2.24) is 4.57 Å². The fourth-order valence-electron chi connectivity index (χ4n) is 2.68. The van der Waals surface area contributed by atoms with Gasteiger partial charge in [-0.3, -0.25) is 0 Å². The maximum atomic E-state index is 11.0. The Morgan fingerprint density at radius 2 is 2.18 bits per heavy atom. The molecule has 94 valence electrons. The Kier molecular flexibility index (Phi) is 3.24. The highest BCUT2D eigenvalue weighted by Crippen LogP contribution is 2.37. The summed E-state index contributed by atoms with van der Waals surface area (Å²) in [4.78, 5) is 11.0. The van der Waals surface area contributed by atoms with E-state index in [1.54, 1.807) is 6.07 Å². The first-order chi connectivity index (χ1) is 8.04. The van der Waals surface area contributed by atoms with Gasteiger partial charge in [-0.2, -0.15) is 0 Å². The average Bonchev–Trinajstić information content (AvgIpc) is 2.49. The molecule has 1 saturated carbocycles. The van der Waals surface area contributed by atoms with Gasteiger partial charge in [0.1, 0.15) is 0 Å². The zero-order valence-corrected chi connectivity index (χ0v) is 10.6. The summed E-state index contributed by atoms with van der Waals surface area (Å²) in [5.74, 6) is -0.843. The summed E-state index contributed by atoms with van der Waals surface area (Å²) in [6, 6.07) is 2.16. The molecule has 0 saturated heterocycles. The van der Waals surface area contributed by atoms with Crippen molar-refractivity contribution in [1.29, 1.82) is 0 Å². The number of aromatic carboxylic acids is 1. The van der Waals surface area contributed by atoms with Crippen LogP contribution in [0, 0.1) is 13.8 Å². The number of carboxylic acids is 1. The minimum absolute atomic E-state index is 0.347. The van der Waals surface area contributed by atoms with Crippen molar-refractivity contribution < 1.29 is 14.6 Å². The van der Waals surface area contributed by atoms with E-state index in [-0.39, 0.29) is 0 Å². The molecule has 0 radical (unpaired) electrons. The Bertz CT molecular complexity index is 430. The minimum atomic E-state index is -0.843. The van der Waals surface area contributed by atoms with Gasteiger partial charge in [0.25, 0.3) is 0 Å². The number of aryl methyl sites for hydroxylation is 1. The van der Waals surface area contributed by atoms with Crippen LogP contribution in [0.1, 0.15) is 47.6 Å². The summed E-state index contributed by atoms with van der Waals surface area (Å²) < 4.78 is 7.67. The van der Waals surface area contributed by atoms with Gasteiger partial charge in [-0.15, -0.1) is 0 Å². The zero-order chi connectivity index (χ0) is 12.6. The molecule has 0 aromatic carbocycles. The molecular formula is C13H19NO3. The standard InChI is InChI=1S/C13H19NO3/c1-4-17-11-6-10(7-11)14-8(2)5-12(9(14)3)13(15)16/h5,10-11H,4,6-7H2,1-3H3,(H,15,16). The van der Waals surface area contributed by atoms with E-state index in [9.17, 15) is 4.79 Å². The first-order valence-corrected chi connectivity index (χ1v) is 6.07. The number of carboxylic acid groups (broad SMARTS) is 1. The molecule has 0 aliphatic heterocycles. The molecule has 1 aromatic rings. The van der Waals surface area contributed by atoms with Crippen LogP contribution >= 0.6 is 0 Å². The Hall–Kier alpha value is -1.29. The lowest BCUT2D eigenvalue weighted by Crippen LogP contribution is -2.34. The second kappa shape index (κ2) is 4.53. The van der Waals surface area contributed by atoms with Crippen molar-refractivity contribution in [3.8, 4) is 0 Å². The second-order valence-corrected chi connectivity index (χ2v) is 4.66. The van der Waals surface area contributed by atoms with Crippen LogP contribution in [0.5, 0.6) is 0 Å². The molecule has 0 amide bonds. The summed E-state index contributed by atoms with van der Waals surface area (Å²) in [5.41, 5.74) is 2.30. The topological polar surface area (TPSA) is 51.5 Å². The van der Waals surface area contributed by atoms with E-state index in [1.807, 2.05) is 20.8 Å². The third-order valence-electron chi connectivity index (χ3n) is 3.55. The molecule has 2 rings (SSSR count). The van der Waals surface area contributed by atoms with Gasteiger partial charge >= 0.3 is 5.97 Å². The second-order valence-electron chi connectivity index (χ2n) is 4.66. The number of hydrogen-bond donors (Lipinski definition) is 1. The summed E-state index contributed by atoms with van der Waals surface area (Å²) in [6.07, 6.45) is 2.33. The van der Waals surface area contributed by atoms with Gasteiger partial charge in [-0.1, -0.05) is 0 Å². The van der Waals surface area contributed by atoms with Crippen LogP contribution in [0.15, 0.2) is 6.07 Å². The number of hydrogen-bond acceptors (Lipinski definition) is 2. The quantitative estimate of drug-likeness (QED) is 0.875. The van der Waals surface area contributed by atoms with Crippen molar-refractivity contribution in [2.45, 2.75) is 45.8 Å². The van der Waals surface area contributed by atoms with E-state index in [2.05, 4.69) is 4.57 Å². The van der Waals surface area contributed by atoms with Crippen molar-refractivity contribution in [3.63, 3.8) is 0 Å². The van der Waals surface area contributed by atoms with Gasteiger partial charge in [-0.25, -0.2) is 4.79 Å². The Labute approximate surface area is 101 Å². The normalized spacial score (nSPS) is 23.5. The number of nitrogens with zero attached hydrogens (tertiary/aromatic N) is 1. The Morgan fingerprint density at radius 3 is 2.65 bits per heavy atom. The van der Waals surface area contributed by atoms with Gasteiger partial charge in [0.15, 0.2) is 0 Å². The maximum absolute atomic E-state index is 11.0. The lowest BCUT2D eigenvalue weighted by molar-refractivity contribution is -0.0204. The van der Waals surface area contributed by atoms with Crippen molar-refractivity contribution in [2.24, 2.45) is 0 Å². The van der Waals surface area contributed by atoms with Gasteiger partial charge in [0.2, 0.25) is 0 Å². The molecule has 0 unspecified atom stereocenters. The molecule has 0 atom stereocenters. The molecule has 1 aliphatic carbocycles. The fraction of sp³-hybridized carbons (Fsp3) is 0.615. The lowest BCUT2D eigenvalue weighted by atomic mass is 9.88. The molecule has 4 heteroatoms. The molecule has 1 N–H and O–H groups in total. The SMILES string of the molecule is CCOC1CC(n2c(C)cc(C(=O)O)c2C)C1. The van der Waals surface area contributed by atoms with E-state index in [0.717, 1.165) is 30.8 Å². The summed E-state index contributed by atoms with van der Waals surface area (Å²) >= 11 is 0. The molecule has 1 heterocycles. The summed E-state index contributed by atoms with van der Waals surface area (Å²) in [6.45, 7) is 6.60. The van der Waals surface area contributed by atoms with Crippen molar-refractivity contribution in [2.75, 3.05) is 6.61 Å². The number of aromatic nitrogens is 1. The van der Waals surface area contributed by atoms with Crippen molar-refractivity contribution >= 4 is 5.97 Å². The van der Waals surface area contributed by atoms with Crippen LogP contribution < -0.4 is 0 Å². The van der Waals surface area contributed by atoms with Crippen LogP contribution in [0.25, 0.3) is 0 Å². The summed E-state index contributed by atoms with van der Waals surface area (Å²) in [7, 11) is 0. The highest BCUT2D eigenvalue weighted by atomic mass is 16.5. The van der Waals surface area contributed by atoms with E-state index < -0.39 is 5.97 Å². The Morgan fingerprint density at radius 1 is 1.53 bits per heavy atom. The van der Waals surface area contributed by atoms with Gasteiger partial charge in [-0.05, 0) is 39.7 Å². The van der Waals surface area contributed by atoms with E-state index >= 15 is 0 Å². The lowest BCUT2D eigenvalue weighted by Gasteiger charge is -2.37. The predicted octanol–water partition coefficient (Wildman–Crippen LogP) is 2.54. The molecule has 4 nitrogen and oxygen atoms in total. The summed E-state index contributed by atoms with van der Waals surface area (Å²) in [5, 5.41) is 9.07. The average molecular weight is 237 g/mol. The third kappa shape index (κ3) is 2.09. The first kappa shape index (κ1) is 12.2. The monoisotopic (exact) mass is 237 g/mol. The number of ether oxygens (including phenoxy) is 1. The van der Waals surface area contributed by atoms with Crippen molar-refractivity contribution in [3.05, 3.63) is 23.0 Å². The van der Waals surface area contributed by atoms with Gasteiger partial charge < -0.3 is 14.4 Å².